The van der Waals surface area contributed by atoms with Crippen molar-refractivity contribution in [3.05, 3.63) is 47.8 Å². The molecule has 1 aromatic heterocycles. The minimum atomic E-state index is -0.928. The molecule has 0 spiro atoms. The number of amides is 2. The molecular formula is C18H20N4O3. The number of benzene rings is 1. The molecule has 2 heterocycles. The Hall–Kier alpha value is -3.09. The Morgan fingerprint density at radius 2 is 2.04 bits per heavy atom. The molecule has 7 nitrogen and oxygen atoms in total. The van der Waals surface area contributed by atoms with Crippen molar-refractivity contribution < 1.29 is 14.7 Å². The third-order valence-electron chi connectivity index (χ3n) is 4.33. The first-order valence-corrected chi connectivity index (χ1v) is 8.14. The number of rotatable bonds is 4. The van der Waals surface area contributed by atoms with E-state index in [0.29, 0.717) is 25.2 Å². The number of carboxylic acid groups (broad SMARTS) is 1. The first-order chi connectivity index (χ1) is 12.0. The van der Waals surface area contributed by atoms with Gasteiger partial charge < -0.3 is 15.3 Å². The summed E-state index contributed by atoms with van der Waals surface area (Å²) < 4.78 is 0. The second kappa shape index (κ2) is 6.80. The average Bonchev–Trinajstić information content (AvgIpc) is 3.05. The highest BCUT2D eigenvalue weighted by atomic mass is 16.4. The molecule has 1 aliphatic heterocycles. The van der Waals surface area contributed by atoms with Crippen molar-refractivity contribution in [3.63, 3.8) is 0 Å². The molecule has 0 aliphatic carbocycles. The van der Waals surface area contributed by atoms with E-state index in [9.17, 15) is 14.7 Å². The van der Waals surface area contributed by atoms with Crippen LogP contribution in [0.3, 0.4) is 0 Å². The maximum Gasteiger partial charge on any atom is 0.411 e. The summed E-state index contributed by atoms with van der Waals surface area (Å²) in [6.07, 6.45) is 1.39. The lowest BCUT2D eigenvalue weighted by molar-refractivity contribution is 0.0958. The molecular weight excluding hydrogens is 320 g/mol. The van der Waals surface area contributed by atoms with E-state index < -0.39 is 6.09 Å². The van der Waals surface area contributed by atoms with E-state index in [-0.39, 0.29) is 5.91 Å². The highest BCUT2D eigenvalue weighted by Crippen LogP contribution is 2.34. The fourth-order valence-corrected chi connectivity index (χ4v) is 3.11. The van der Waals surface area contributed by atoms with Crippen LogP contribution in [-0.4, -0.2) is 42.2 Å². The van der Waals surface area contributed by atoms with Crippen molar-refractivity contribution in [2.24, 2.45) is 0 Å². The van der Waals surface area contributed by atoms with Crippen molar-refractivity contribution >= 4 is 29.1 Å². The van der Waals surface area contributed by atoms with Gasteiger partial charge in [-0.1, -0.05) is 0 Å². The van der Waals surface area contributed by atoms with E-state index in [1.165, 1.54) is 4.90 Å². The van der Waals surface area contributed by atoms with E-state index in [2.05, 4.69) is 15.2 Å². The Balaban J connectivity index is 1.95. The molecule has 2 N–H and O–H groups in total. The number of nitrogens with zero attached hydrogens (tertiary/aromatic N) is 3. The Morgan fingerprint density at radius 3 is 2.72 bits per heavy atom. The maximum atomic E-state index is 11.8. The minimum absolute atomic E-state index is 0.232. The molecule has 1 aliphatic rings. The van der Waals surface area contributed by atoms with Crippen LogP contribution in [0.15, 0.2) is 36.5 Å². The quantitative estimate of drug-likeness (QED) is 0.894. The van der Waals surface area contributed by atoms with Crippen molar-refractivity contribution in [3.8, 4) is 0 Å². The summed E-state index contributed by atoms with van der Waals surface area (Å²) in [5.41, 5.74) is 3.94. The van der Waals surface area contributed by atoms with Crippen molar-refractivity contribution in [2.45, 2.75) is 13.3 Å². The first kappa shape index (κ1) is 16.8. The predicted octanol–water partition coefficient (Wildman–Crippen LogP) is 2.64. The summed E-state index contributed by atoms with van der Waals surface area (Å²) in [6, 6.07) is 9.37. The number of pyridine rings is 1. The maximum absolute atomic E-state index is 11.8. The summed E-state index contributed by atoms with van der Waals surface area (Å²) in [5.74, 6) is -0.232. The van der Waals surface area contributed by atoms with Gasteiger partial charge in [-0.15, -0.1) is 0 Å². The fraction of sp³-hybridized carbons (Fsp3) is 0.278. The van der Waals surface area contributed by atoms with Crippen LogP contribution in [0.5, 0.6) is 0 Å². The second-order valence-electron chi connectivity index (χ2n) is 5.72. The first-order valence-electron chi connectivity index (χ1n) is 8.14. The van der Waals surface area contributed by atoms with Crippen LogP contribution in [0.1, 0.15) is 23.0 Å². The van der Waals surface area contributed by atoms with Crippen LogP contribution in [0.2, 0.25) is 0 Å². The fourth-order valence-electron chi connectivity index (χ4n) is 3.11. The van der Waals surface area contributed by atoms with Crippen LogP contribution in [-0.2, 0) is 6.42 Å². The van der Waals surface area contributed by atoms with Gasteiger partial charge in [0.05, 0.1) is 5.69 Å². The Bertz CT molecular complexity index is 822. The van der Waals surface area contributed by atoms with Gasteiger partial charge in [-0.25, -0.2) is 4.79 Å². The van der Waals surface area contributed by atoms with E-state index in [1.54, 1.807) is 19.3 Å². The van der Waals surface area contributed by atoms with Gasteiger partial charge in [0.1, 0.15) is 5.69 Å². The van der Waals surface area contributed by atoms with Crippen molar-refractivity contribution in [2.75, 3.05) is 29.9 Å². The molecule has 3 rings (SSSR count). The summed E-state index contributed by atoms with van der Waals surface area (Å²) in [6.45, 7) is 3.21. The summed E-state index contributed by atoms with van der Waals surface area (Å²) in [7, 11) is 1.57. The van der Waals surface area contributed by atoms with E-state index >= 15 is 0 Å². The van der Waals surface area contributed by atoms with Gasteiger partial charge in [0.15, 0.2) is 0 Å². The number of carbonyl (C=O) groups excluding carboxylic acids is 1. The third kappa shape index (κ3) is 3.13. The zero-order chi connectivity index (χ0) is 18.0. The number of carbonyl (C=O) groups is 2. The highest BCUT2D eigenvalue weighted by molar-refractivity contribution is 5.93. The molecule has 130 valence electrons. The van der Waals surface area contributed by atoms with Crippen molar-refractivity contribution in [1.29, 1.82) is 0 Å². The molecule has 0 unspecified atom stereocenters. The molecule has 0 saturated carbocycles. The van der Waals surface area contributed by atoms with Gasteiger partial charge in [-0.2, -0.15) is 0 Å². The lowest BCUT2D eigenvalue weighted by Crippen LogP contribution is -2.26. The van der Waals surface area contributed by atoms with Gasteiger partial charge >= 0.3 is 6.09 Å². The number of hydrogen-bond acceptors (Lipinski definition) is 4. The van der Waals surface area contributed by atoms with Gasteiger partial charge in [-0.3, -0.25) is 14.7 Å². The Morgan fingerprint density at radius 1 is 1.28 bits per heavy atom. The van der Waals surface area contributed by atoms with E-state index in [0.717, 1.165) is 22.6 Å². The standard InChI is InChI=1S/C18H20N4O3/c1-3-21(14-6-8-20-15(11-14)17(23)19-2)13-4-5-16-12(10-13)7-9-22(16)18(24)25/h4-6,8,10-11H,3,7,9H2,1-2H3,(H,19,23)(H,24,25). The summed E-state index contributed by atoms with van der Waals surface area (Å²) in [5, 5.41) is 11.8. The lowest BCUT2D eigenvalue weighted by atomic mass is 10.1. The minimum Gasteiger partial charge on any atom is -0.465 e. The second-order valence-corrected chi connectivity index (χ2v) is 5.72. The number of fused-ring (bicyclic) bond motifs is 1. The van der Waals surface area contributed by atoms with Crippen LogP contribution in [0.4, 0.5) is 21.9 Å². The SMILES string of the molecule is CCN(c1ccnc(C(=O)NC)c1)c1ccc2c(c1)CCN2C(=O)O. The molecule has 1 aromatic carbocycles. The monoisotopic (exact) mass is 340 g/mol. The normalized spacial score (nSPS) is 12.6. The Labute approximate surface area is 145 Å². The molecule has 25 heavy (non-hydrogen) atoms. The van der Waals surface area contributed by atoms with Gasteiger partial charge in [-0.05, 0) is 49.2 Å². The van der Waals surface area contributed by atoms with Crippen LogP contribution >= 0.6 is 0 Å². The van der Waals surface area contributed by atoms with Crippen molar-refractivity contribution in [1.82, 2.24) is 10.3 Å². The Kier molecular flexibility index (Phi) is 4.56. The number of aromatic nitrogens is 1. The van der Waals surface area contributed by atoms with E-state index in [4.69, 9.17) is 0 Å². The summed E-state index contributed by atoms with van der Waals surface area (Å²) >= 11 is 0. The lowest BCUT2D eigenvalue weighted by Gasteiger charge is -2.24. The molecule has 2 aromatic rings. The smallest absolute Gasteiger partial charge is 0.411 e. The highest BCUT2D eigenvalue weighted by Gasteiger charge is 2.25. The molecule has 0 saturated heterocycles. The van der Waals surface area contributed by atoms with Gasteiger partial charge in [0, 0.05) is 37.7 Å². The molecule has 0 fully saturated rings. The van der Waals surface area contributed by atoms with Gasteiger partial charge in [0.2, 0.25) is 0 Å². The average molecular weight is 340 g/mol. The van der Waals surface area contributed by atoms with Gasteiger partial charge in [0.25, 0.3) is 5.91 Å². The zero-order valence-corrected chi connectivity index (χ0v) is 14.2. The number of anilines is 3. The molecule has 2 amide bonds. The van der Waals surface area contributed by atoms with E-state index in [1.807, 2.05) is 31.2 Å². The molecule has 7 heteroatoms. The number of hydrogen-bond donors (Lipinski definition) is 2. The largest absolute Gasteiger partial charge is 0.465 e. The topological polar surface area (TPSA) is 85.8 Å². The zero-order valence-electron chi connectivity index (χ0n) is 14.2. The van der Waals surface area contributed by atoms with Crippen LogP contribution in [0.25, 0.3) is 0 Å². The molecule has 0 atom stereocenters. The predicted molar refractivity (Wildman–Crippen MR) is 95.8 cm³/mol. The number of nitrogens with one attached hydrogen (secondary N) is 1. The molecule has 0 bridgehead atoms. The van der Waals surface area contributed by atoms with Crippen LogP contribution < -0.4 is 15.1 Å². The molecule has 0 radical (unpaired) electrons. The third-order valence-corrected chi connectivity index (χ3v) is 4.33. The van der Waals surface area contributed by atoms with Crippen LogP contribution in [0, 0.1) is 0 Å². The summed E-state index contributed by atoms with van der Waals surface area (Å²) in [4.78, 5) is 30.6.